The number of benzene rings is 2. The SMILES string of the molecule is CC(C)CN(CC(=O)N(Cc1ccc(F)cc1)Cc1ccco1)Cc1ccccc1F. The van der Waals surface area contributed by atoms with Crippen molar-refractivity contribution in [3.05, 3.63) is 95.4 Å². The molecule has 0 aliphatic heterocycles. The summed E-state index contributed by atoms with van der Waals surface area (Å²) in [7, 11) is 0. The van der Waals surface area contributed by atoms with Crippen molar-refractivity contribution in [3.63, 3.8) is 0 Å². The molecule has 0 saturated carbocycles. The Morgan fingerprint density at radius 1 is 0.935 bits per heavy atom. The lowest BCUT2D eigenvalue weighted by Gasteiger charge is -2.28. The molecular weight excluding hydrogens is 398 g/mol. The predicted molar refractivity (Wildman–Crippen MR) is 116 cm³/mol. The highest BCUT2D eigenvalue weighted by Crippen LogP contribution is 2.15. The third-order valence-electron chi connectivity index (χ3n) is 4.90. The van der Waals surface area contributed by atoms with Crippen molar-refractivity contribution < 1.29 is 18.0 Å². The summed E-state index contributed by atoms with van der Waals surface area (Å²) in [6, 6.07) is 16.3. The Balaban J connectivity index is 1.76. The maximum atomic E-state index is 14.2. The number of furan rings is 1. The van der Waals surface area contributed by atoms with Gasteiger partial charge in [-0.15, -0.1) is 0 Å². The number of hydrogen-bond donors (Lipinski definition) is 0. The number of rotatable bonds is 10. The van der Waals surface area contributed by atoms with E-state index in [1.807, 2.05) is 11.0 Å². The van der Waals surface area contributed by atoms with Gasteiger partial charge >= 0.3 is 0 Å². The average molecular weight is 427 g/mol. The van der Waals surface area contributed by atoms with Crippen LogP contribution in [-0.2, 0) is 24.4 Å². The van der Waals surface area contributed by atoms with Crippen molar-refractivity contribution in [2.45, 2.75) is 33.5 Å². The molecule has 1 heterocycles. The van der Waals surface area contributed by atoms with E-state index in [1.54, 1.807) is 47.6 Å². The molecule has 2 aromatic carbocycles. The number of halogens is 2. The van der Waals surface area contributed by atoms with Gasteiger partial charge in [0, 0.05) is 25.2 Å². The van der Waals surface area contributed by atoms with E-state index >= 15 is 0 Å². The van der Waals surface area contributed by atoms with Gasteiger partial charge in [0.2, 0.25) is 5.91 Å². The highest BCUT2D eigenvalue weighted by Gasteiger charge is 2.21. The molecule has 0 saturated heterocycles. The van der Waals surface area contributed by atoms with Crippen molar-refractivity contribution in [3.8, 4) is 0 Å². The highest BCUT2D eigenvalue weighted by molar-refractivity contribution is 5.78. The molecule has 4 nitrogen and oxygen atoms in total. The van der Waals surface area contributed by atoms with E-state index in [4.69, 9.17) is 4.42 Å². The van der Waals surface area contributed by atoms with Crippen LogP contribution in [0.5, 0.6) is 0 Å². The molecule has 0 unspecified atom stereocenters. The zero-order chi connectivity index (χ0) is 22.2. The molecule has 164 valence electrons. The van der Waals surface area contributed by atoms with E-state index in [0.29, 0.717) is 43.4 Å². The van der Waals surface area contributed by atoms with Crippen molar-refractivity contribution in [1.29, 1.82) is 0 Å². The van der Waals surface area contributed by atoms with E-state index in [1.165, 1.54) is 18.2 Å². The van der Waals surface area contributed by atoms with Gasteiger partial charge in [-0.05, 0) is 41.8 Å². The van der Waals surface area contributed by atoms with Crippen LogP contribution in [0.3, 0.4) is 0 Å². The molecule has 0 atom stereocenters. The van der Waals surface area contributed by atoms with E-state index in [2.05, 4.69) is 13.8 Å². The molecule has 0 fully saturated rings. The maximum Gasteiger partial charge on any atom is 0.237 e. The molecule has 6 heteroatoms. The van der Waals surface area contributed by atoms with Gasteiger partial charge in [0.25, 0.3) is 0 Å². The summed E-state index contributed by atoms with van der Waals surface area (Å²) in [6.45, 7) is 5.92. The minimum absolute atomic E-state index is 0.0993. The van der Waals surface area contributed by atoms with Crippen LogP contribution in [-0.4, -0.2) is 28.8 Å². The second kappa shape index (κ2) is 10.9. The molecule has 0 N–H and O–H groups in total. The average Bonchev–Trinajstić information content (AvgIpc) is 3.23. The van der Waals surface area contributed by atoms with E-state index in [-0.39, 0.29) is 24.1 Å². The Bertz CT molecular complexity index is 956. The first-order valence-corrected chi connectivity index (χ1v) is 10.4. The second-order valence-electron chi connectivity index (χ2n) is 8.11. The van der Waals surface area contributed by atoms with Crippen LogP contribution >= 0.6 is 0 Å². The Morgan fingerprint density at radius 2 is 1.68 bits per heavy atom. The van der Waals surface area contributed by atoms with Crippen LogP contribution < -0.4 is 0 Å². The molecule has 31 heavy (non-hydrogen) atoms. The normalized spacial score (nSPS) is 11.3. The molecule has 0 aliphatic rings. The Kier molecular flexibility index (Phi) is 7.95. The molecule has 0 radical (unpaired) electrons. The standard InChI is InChI=1S/C25H28F2N2O2/c1-19(2)14-28(16-21-6-3-4-8-24(21)27)18-25(30)29(17-23-7-5-13-31-23)15-20-9-11-22(26)12-10-20/h3-13,19H,14-18H2,1-2H3. The third-order valence-corrected chi connectivity index (χ3v) is 4.90. The maximum absolute atomic E-state index is 14.2. The monoisotopic (exact) mass is 426 g/mol. The van der Waals surface area contributed by atoms with Gasteiger partial charge in [-0.25, -0.2) is 8.78 Å². The van der Waals surface area contributed by atoms with E-state index < -0.39 is 0 Å². The van der Waals surface area contributed by atoms with Gasteiger partial charge in [-0.3, -0.25) is 9.69 Å². The van der Waals surface area contributed by atoms with Crippen LogP contribution in [0, 0.1) is 17.6 Å². The van der Waals surface area contributed by atoms with Gasteiger partial charge in [0.1, 0.15) is 17.4 Å². The van der Waals surface area contributed by atoms with Crippen molar-refractivity contribution in [2.24, 2.45) is 5.92 Å². The Labute approximate surface area is 182 Å². The Hall–Kier alpha value is -2.99. The highest BCUT2D eigenvalue weighted by atomic mass is 19.1. The number of amides is 1. The number of hydrogen-bond acceptors (Lipinski definition) is 3. The lowest BCUT2D eigenvalue weighted by atomic mass is 10.1. The summed E-state index contributed by atoms with van der Waals surface area (Å²) >= 11 is 0. The summed E-state index contributed by atoms with van der Waals surface area (Å²) in [5, 5.41) is 0. The third kappa shape index (κ3) is 7.03. The molecule has 0 aliphatic carbocycles. The van der Waals surface area contributed by atoms with E-state index in [0.717, 1.165) is 5.56 Å². The van der Waals surface area contributed by atoms with Gasteiger partial charge in [0.05, 0.1) is 19.4 Å². The largest absolute Gasteiger partial charge is 0.467 e. The predicted octanol–water partition coefficient (Wildman–Crippen LogP) is 5.24. The van der Waals surface area contributed by atoms with Crippen molar-refractivity contribution in [1.82, 2.24) is 9.80 Å². The van der Waals surface area contributed by atoms with Crippen LogP contribution in [0.2, 0.25) is 0 Å². The van der Waals surface area contributed by atoms with Gasteiger partial charge < -0.3 is 9.32 Å². The summed E-state index contributed by atoms with van der Waals surface area (Å²) in [5.41, 5.74) is 1.39. The Morgan fingerprint density at radius 3 is 2.32 bits per heavy atom. The lowest BCUT2D eigenvalue weighted by Crippen LogP contribution is -2.40. The molecule has 1 amide bonds. The van der Waals surface area contributed by atoms with E-state index in [9.17, 15) is 13.6 Å². The number of carbonyl (C=O) groups is 1. The zero-order valence-corrected chi connectivity index (χ0v) is 17.9. The zero-order valence-electron chi connectivity index (χ0n) is 17.9. The second-order valence-corrected chi connectivity index (χ2v) is 8.11. The van der Waals surface area contributed by atoms with Crippen LogP contribution in [0.15, 0.2) is 71.3 Å². The first-order valence-electron chi connectivity index (χ1n) is 10.4. The van der Waals surface area contributed by atoms with Crippen LogP contribution in [0.25, 0.3) is 0 Å². The van der Waals surface area contributed by atoms with Gasteiger partial charge in [-0.2, -0.15) is 0 Å². The minimum atomic E-state index is -0.319. The number of nitrogens with zero attached hydrogens (tertiary/aromatic N) is 2. The molecule has 1 aromatic heterocycles. The smallest absolute Gasteiger partial charge is 0.237 e. The molecule has 3 rings (SSSR count). The summed E-state index contributed by atoms with van der Waals surface area (Å²) in [6.07, 6.45) is 1.57. The number of carbonyl (C=O) groups excluding carboxylic acids is 1. The molecule has 0 spiro atoms. The minimum Gasteiger partial charge on any atom is -0.467 e. The lowest BCUT2D eigenvalue weighted by molar-refractivity contribution is -0.134. The fraction of sp³-hybridized carbons (Fsp3) is 0.320. The fourth-order valence-electron chi connectivity index (χ4n) is 3.49. The van der Waals surface area contributed by atoms with Crippen molar-refractivity contribution >= 4 is 5.91 Å². The summed E-state index contributed by atoms with van der Waals surface area (Å²) < 4.78 is 32.9. The quantitative estimate of drug-likeness (QED) is 0.445. The summed E-state index contributed by atoms with van der Waals surface area (Å²) in [5.74, 6) is 0.288. The van der Waals surface area contributed by atoms with Gasteiger partial charge in [-0.1, -0.05) is 44.2 Å². The molecular formula is C25H28F2N2O2. The van der Waals surface area contributed by atoms with Crippen molar-refractivity contribution in [2.75, 3.05) is 13.1 Å². The topological polar surface area (TPSA) is 36.7 Å². The van der Waals surface area contributed by atoms with Gasteiger partial charge in [0.15, 0.2) is 0 Å². The van der Waals surface area contributed by atoms with Crippen LogP contribution in [0.1, 0.15) is 30.7 Å². The molecule has 0 bridgehead atoms. The summed E-state index contributed by atoms with van der Waals surface area (Å²) in [4.78, 5) is 16.9. The van der Waals surface area contributed by atoms with Crippen LogP contribution in [0.4, 0.5) is 8.78 Å². The first kappa shape index (κ1) is 22.7. The molecule has 3 aromatic rings. The fourth-order valence-corrected chi connectivity index (χ4v) is 3.49. The first-order chi connectivity index (χ1) is 14.9.